The predicted molar refractivity (Wildman–Crippen MR) is 187 cm³/mol. The van der Waals surface area contributed by atoms with Crippen LogP contribution in [0.2, 0.25) is 0 Å². The number of alkyl carbamates (subject to hydrolysis) is 1. The molecule has 2 heterocycles. The van der Waals surface area contributed by atoms with Gasteiger partial charge in [0, 0.05) is 12.5 Å². The van der Waals surface area contributed by atoms with Crippen LogP contribution in [0.1, 0.15) is 78.7 Å². The van der Waals surface area contributed by atoms with Gasteiger partial charge in [-0.15, -0.1) is 0 Å². The van der Waals surface area contributed by atoms with E-state index in [9.17, 15) is 24.3 Å². The number of amides is 3. The van der Waals surface area contributed by atoms with Gasteiger partial charge in [-0.25, -0.2) is 9.59 Å². The molecule has 12 heteroatoms. The molecule has 0 aromatic heterocycles. The van der Waals surface area contributed by atoms with Gasteiger partial charge in [-0.05, 0) is 57.2 Å². The van der Waals surface area contributed by atoms with Gasteiger partial charge in [0.1, 0.15) is 40.8 Å². The Hall–Kier alpha value is -4.61. The minimum atomic E-state index is -1.41. The molecular formula is C38H50N4O8. The summed E-state index contributed by atoms with van der Waals surface area (Å²) in [5, 5.41) is 15.8. The number of dihydropyridines is 1. The van der Waals surface area contributed by atoms with Crippen molar-refractivity contribution in [2.45, 2.75) is 109 Å². The first-order valence-electron chi connectivity index (χ1n) is 17.5. The molecule has 2 fully saturated rings. The number of benzene rings is 1. The summed E-state index contributed by atoms with van der Waals surface area (Å²) >= 11 is 0. The molecule has 0 bridgehead atoms. The van der Waals surface area contributed by atoms with E-state index in [4.69, 9.17) is 19.2 Å². The zero-order valence-electron chi connectivity index (χ0n) is 29.8. The number of methoxy groups -OCH3 is 1. The number of ether oxygens (including phenoxy) is 3. The van der Waals surface area contributed by atoms with Gasteiger partial charge in [0.15, 0.2) is 0 Å². The zero-order chi connectivity index (χ0) is 36.2. The maximum atomic E-state index is 14.3. The number of carbonyl (C=O) groups excluding carboxylic acids is 3. The smallest absolute Gasteiger partial charge is 0.408 e. The average molecular weight is 691 g/mol. The molecule has 3 amide bonds. The Morgan fingerprint density at radius 3 is 2.38 bits per heavy atom. The average Bonchev–Trinajstić information content (AvgIpc) is 3.50. The van der Waals surface area contributed by atoms with Gasteiger partial charge in [-0.1, -0.05) is 69.5 Å². The fourth-order valence-electron chi connectivity index (χ4n) is 7.03. The second-order valence-corrected chi connectivity index (χ2v) is 14.9. The highest BCUT2D eigenvalue weighted by Gasteiger charge is 2.48. The summed E-state index contributed by atoms with van der Waals surface area (Å²) in [6.45, 7) is 8.85. The van der Waals surface area contributed by atoms with E-state index in [2.05, 4.69) is 10.6 Å². The van der Waals surface area contributed by atoms with Crippen LogP contribution in [0.15, 0.2) is 71.1 Å². The van der Waals surface area contributed by atoms with E-state index in [0.717, 1.165) is 17.7 Å². The van der Waals surface area contributed by atoms with Crippen LogP contribution in [0.3, 0.4) is 0 Å². The van der Waals surface area contributed by atoms with E-state index in [1.807, 2.05) is 54.6 Å². The molecule has 4 aliphatic rings. The number of fused-ring (bicyclic) bond motifs is 1. The number of hydrogen-bond donors (Lipinski definition) is 3. The molecule has 1 saturated heterocycles. The number of carboxylic acid groups (broad SMARTS) is 1. The van der Waals surface area contributed by atoms with Crippen molar-refractivity contribution in [2.24, 2.45) is 16.8 Å². The summed E-state index contributed by atoms with van der Waals surface area (Å²) in [4.78, 5) is 60.2. The fraction of sp³-hybridized carbons (Fsp3) is 0.553. The molecule has 12 nitrogen and oxygen atoms in total. The molecule has 3 N–H and O–H groups in total. The maximum Gasteiger partial charge on any atom is 0.408 e. The second-order valence-electron chi connectivity index (χ2n) is 14.9. The van der Waals surface area contributed by atoms with Crippen LogP contribution in [0.4, 0.5) is 4.79 Å². The fourth-order valence-corrected chi connectivity index (χ4v) is 7.03. The quantitative estimate of drug-likeness (QED) is 0.313. The first-order valence-corrected chi connectivity index (χ1v) is 17.5. The number of likely N-dealkylation sites (tertiary alicyclic amines) is 1. The third-order valence-corrected chi connectivity index (χ3v) is 9.61. The van der Waals surface area contributed by atoms with Gasteiger partial charge in [-0.3, -0.25) is 14.6 Å². The number of nitrogens with one attached hydrogen (secondary N) is 2. The van der Waals surface area contributed by atoms with Crippen molar-refractivity contribution < 1.29 is 38.5 Å². The van der Waals surface area contributed by atoms with E-state index >= 15 is 0 Å². The van der Waals surface area contributed by atoms with Crippen LogP contribution >= 0.6 is 0 Å². The van der Waals surface area contributed by atoms with Gasteiger partial charge in [0.2, 0.25) is 11.8 Å². The van der Waals surface area contributed by atoms with Crippen molar-refractivity contribution >= 4 is 29.6 Å². The van der Waals surface area contributed by atoms with E-state index < -0.39 is 53.2 Å². The number of nitrogens with zero attached hydrogens (tertiary/aromatic N) is 2. The highest BCUT2D eigenvalue weighted by Crippen LogP contribution is 2.36. The number of rotatable bonds is 10. The monoisotopic (exact) mass is 690 g/mol. The molecule has 0 radical (unpaired) electrons. The molecule has 2 aliphatic carbocycles. The predicted octanol–water partition coefficient (Wildman–Crippen LogP) is 4.90. The molecule has 1 aromatic rings. The highest BCUT2D eigenvalue weighted by molar-refractivity contribution is 6.09. The second kappa shape index (κ2) is 15.1. The maximum absolute atomic E-state index is 14.3. The van der Waals surface area contributed by atoms with Crippen LogP contribution in [-0.2, 0) is 28.6 Å². The van der Waals surface area contributed by atoms with Gasteiger partial charge in [-0.2, -0.15) is 0 Å². The van der Waals surface area contributed by atoms with Crippen LogP contribution < -0.4 is 10.6 Å². The van der Waals surface area contributed by atoms with Gasteiger partial charge in [0.25, 0.3) is 0 Å². The summed E-state index contributed by atoms with van der Waals surface area (Å²) in [6, 6.07) is 7.41. The Bertz CT molecular complexity index is 1570. The van der Waals surface area contributed by atoms with Crippen molar-refractivity contribution in [1.29, 1.82) is 0 Å². The zero-order valence-corrected chi connectivity index (χ0v) is 29.8. The normalized spacial score (nSPS) is 24.9. The SMILES string of the molecule is COC1=CC2N=C(c3ccccc3)C=C(O[C@@H]3C[C@@H](C(=O)NC4(C(=O)O)CCCCC4)N(C(=O)[C@@H](NC(=O)OC(C)(C)C)C(C)C)C3)C2C=C1. The van der Waals surface area contributed by atoms with Crippen molar-refractivity contribution in [2.75, 3.05) is 13.7 Å². The first kappa shape index (κ1) is 36.7. The molecule has 1 saturated carbocycles. The van der Waals surface area contributed by atoms with Crippen molar-refractivity contribution in [3.63, 3.8) is 0 Å². The molecule has 1 aromatic carbocycles. The van der Waals surface area contributed by atoms with Crippen LogP contribution in [0.5, 0.6) is 0 Å². The van der Waals surface area contributed by atoms with E-state index in [-0.39, 0.29) is 30.8 Å². The Balaban J connectivity index is 1.45. The summed E-state index contributed by atoms with van der Waals surface area (Å²) in [5.74, 6) is -1.38. The molecule has 5 atom stereocenters. The lowest BCUT2D eigenvalue weighted by atomic mass is 9.81. The molecule has 50 heavy (non-hydrogen) atoms. The van der Waals surface area contributed by atoms with E-state index in [1.165, 1.54) is 4.90 Å². The van der Waals surface area contributed by atoms with Gasteiger partial charge in [0.05, 0.1) is 31.3 Å². The Labute approximate surface area is 294 Å². The number of aliphatic carboxylic acids is 1. The van der Waals surface area contributed by atoms with Crippen LogP contribution in [0.25, 0.3) is 0 Å². The first-order chi connectivity index (χ1) is 23.7. The molecular weight excluding hydrogens is 640 g/mol. The van der Waals surface area contributed by atoms with Crippen molar-refractivity contribution in [3.05, 3.63) is 71.7 Å². The lowest BCUT2D eigenvalue weighted by molar-refractivity contribution is -0.151. The van der Waals surface area contributed by atoms with Crippen LogP contribution in [-0.4, -0.2) is 88.6 Å². The molecule has 270 valence electrons. The number of carbonyl (C=O) groups is 4. The Morgan fingerprint density at radius 2 is 1.76 bits per heavy atom. The summed E-state index contributed by atoms with van der Waals surface area (Å²) in [6.07, 6.45) is 9.31. The molecule has 5 rings (SSSR count). The molecule has 2 aliphatic heterocycles. The Morgan fingerprint density at radius 1 is 1.06 bits per heavy atom. The standard InChI is InChI=1S/C38H50N4O8/c1-23(2)32(40-36(47)50-37(3,4)5)34(44)42-22-26(20-30(42)33(43)41-38(35(45)46)17-11-8-12-18-38)49-31-21-28(24-13-9-7-10-14-24)39-29-19-25(48-6)15-16-27(29)31/h7,9-10,13-16,19,21,23,26-27,29-30,32H,8,11-12,17-18,20,22H2,1-6H3,(H,40,47)(H,41,43)(H,45,46)/t26-,27?,29?,30+,32+/m1/s1. The molecule has 0 spiro atoms. The lowest BCUT2D eigenvalue weighted by Gasteiger charge is -2.36. The van der Waals surface area contributed by atoms with Crippen molar-refractivity contribution in [3.8, 4) is 0 Å². The van der Waals surface area contributed by atoms with Crippen molar-refractivity contribution in [1.82, 2.24) is 15.5 Å². The van der Waals surface area contributed by atoms with Crippen LogP contribution in [0, 0.1) is 11.8 Å². The number of carboxylic acids is 1. The number of hydrogen-bond acceptors (Lipinski definition) is 8. The summed E-state index contributed by atoms with van der Waals surface area (Å²) < 4.78 is 17.6. The highest BCUT2D eigenvalue weighted by atomic mass is 16.6. The largest absolute Gasteiger partial charge is 0.497 e. The summed E-state index contributed by atoms with van der Waals surface area (Å²) in [5.41, 5.74) is -0.553. The topological polar surface area (TPSA) is 156 Å². The lowest BCUT2D eigenvalue weighted by Crippen LogP contribution is -2.61. The number of allylic oxidation sites excluding steroid dienone is 2. The minimum absolute atomic E-state index is 0.0472. The third-order valence-electron chi connectivity index (χ3n) is 9.61. The van der Waals surface area contributed by atoms with E-state index in [0.29, 0.717) is 37.2 Å². The third kappa shape index (κ3) is 8.39. The van der Waals surface area contributed by atoms with Gasteiger partial charge >= 0.3 is 12.1 Å². The summed E-state index contributed by atoms with van der Waals surface area (Å²) in [7, 11) is 1.60. The Kier molecular flexibility index (Phi) is 11.1. The van der Waals surface area contributed by atoms with Gasteiger partial charge < -0.3 is 34.9 Å². The van der Waals surface area contributed by atoms with E-state index in [1.54, 1.807) is 41.7 Å². The number of aliphatic imine (C=N–C) groups is 1. The minimum Gasteiger partial charge on any atom is -0.497 e. The molecule has 2 unspecified atom stereocenters.